The van der Waals surface area contributed by atoms with Crippen LogP contribution in [-0.4, -0.2) is 25.7 Å². The molecule has 0 heterocycles. The predicted octanol–water partition coefficient (Wildman–Crippen LogP) is 2.28. The van der Waals surface area contributed by atoms with Crippen LogP contribution >= 0.6 is 0 Å². The third-order valence-corrected chi connectivity index (χ3v) is 5.18. The number of nitrogens with one attached hydrogen (secondary N) is 1. The predicted molar refractivity (Wildman–Crippen MR) is 80.1 cm³/mol. The quantitative estimate of drug-likeness (QED) is 0.889. The summed E-state index contributed by atoms with van der Waals surface area (Å²) in [4.78, 5) is 0.212. The monoisotopic (exact) mass is 293 g/mol. The van der Waals surface area contributed by atoms with Crippen LogP contribution in [0, 0.1) is 0 Å². The van der Waals surface area contributed by atoms with Gasteiger partial charge in [-0.1, -0.05) is 37.3 Å². The van der Waals surface area contributed by atoms with Crippen molar-refractivity contribution < 1.29 is 13.5 Å². The lowest BCUT2D eigenvalue weighted by Gasteiger charge is -2.26. The summed E-state index contributed by atoms with van der Waals surface area (Å²) in [5, 5.41) is 11.2. The number of fused-ring (bicyclic) bond motifs is 1. The van der Waals surface area contributed by atoms with Crippen molar-refractivity contribution in [3.63, 3.8) is 0 Å². The van der Waals surface area contributed by atoms with Gasteiger partial charge in [0.2, 0.25) is 10.0 Å². The van der Waals surface area contributed by atoms with E-state index in [1.807, 2.05) is 31.2 Å². The van der Waals surface area contributed by atoms with Crippen LogP contribution in [0.5, 0.6) is 0 Å². The zero-order valence-electron chi connectivity index (χ0n) is 11.6. The third-order valence-electron chi connectivity index (χ3n) is 3.54. The molecule has 4 nitrogen and oxygen atoms in total. The summed E-state index contributed by atoms with van der Waals surface area (Å²) in [6.45, 7) is 3.28. The zero-order chi connectivity index (χ0) is 14.8. The molecule has 0 amide bonds. The lowest BCUT2D eigenvalue weighted by molar-refractivity contribution is 0.191. The Balaban J connectivity index is 2.41. The average molecular weight is 293 g/mol. The van der Waals surface area contributed by atoms with Crippen molar-refractivity contribution in [2.75, 3.05) is 6.61 Å². The van der Waals surface area contributed by atoms with Crippen LogP contribution in [0.3, 0.4) is 0 Å². The van der Waals surface area contributed by atoms with E-state index in [4.69, 9.17) is 0 Å². The van der Waals surface area contributed by atoms with Crippen molar-refractivity contribution in [1.82, 2.24) is 4.72 Å². The molecule has 1 unspecified atom stereocenters. The highest BCUT2D eigenvalue weighted by Gasteiger charge is 2.28. The molecule has 2 N–H and O–H groups in total. The number of benzene rings is 2. The first-order valence-corrected chi connectivity index (χ1v) is 8.02. The van der Waals surface area contributed by atoms with Gasteiger partial charge < -0.3 is 5.11 Å². The van der Waals surface area contributed by atoms with Gasteiger partial charge in [-0.15, -0.1) is 0 Å². The smallest absolute Gasteiger partial charge is 0.241 e. The van der Waals surface area contributed by atoms with Crippen LogP contribution in [0.1, 0.15) is 20.3 Å². The van der Waals surface area contributed by atoms with Gasteiger partial charge in [0.15, 0.2) is 0 Å². The maximum absolute atomic E-state index is 12.4. The van der Waals surface area contributed by atoms with Crippen molar-refractivity contribution in [3.05, 3.63) is 42.5 Å². The molecule has 5 heteroatoms. The molecule has 0 aromatic heterocycles. The molecule has 20 heavy (non-hydrogen) atoms. The number of aliphatic hydroxyl groups excluding tert-OH is 1. The lowest BCUT2D eigenvalue weighted by Crippen LogP contribution is -2.48. The number of hydrogen-bond acceptors (Lipinski definition) is 3. The highest BCUT2D eigenvalue weighted by molar-refractivity contribution is 7.89. The van der Waals surface area contributed by atoms with Crippen LogP contribution in [0.25, 0.3) is 10.8 Å². The van der Waals surface area contributed by atoms with Crippen molar-refractivity contribution in [2.45, 2.75) is 30.7 Å². The maximum Gasteiger partial charge on any atom is 0.241 e. The molecule has 108 valence electrons. The molecular formula is C15H19NO3S. The number of hydrogen-bond donors (Lipinski definition) is 2. The molecule has 2 rings (SSSR count). The Labute approximate surface area is 119 Å². The Morgan fingerprint density at radius 3 is 2.40 bits per heavy atom. The fourth-order valence-electron chi connectivity index (χ4n) is 1.93. The summed E-state index contributed by atoms with van der Waals surface area (Å²) in [5.41, 5.74) is -0.843. The minimum atomic E-state index is -3.64. The second kappa shape index (κ2) is 5.52. The summed E-state index contributed by atoms with van der Waals surface area (Å²) < 4.78 is 27.3. The average Bonchev–Trinajstić information content (AvgIpc) is 2.46. The first kappa shape index (κ1) is 15.0. The van der Waals surface area contributed by atoms with Crippen LogP contribution < -0.4 is 4.72 Å². The fourth-order valence-corrected chi connectivity index (χ4v) is 3.44. The van der Waals surface area contributed by atoms with E-state index in [2.05, 4.69) is 4.72 Å². The van der Waals surface area contributed by atoms with Crippen molar-refractivity contribution >= 4 is 20.8 Å². The molecule has 0 bridgehead atoms. The zero-order valence-corrected chi connectivity index (χ0v) is 12.4. The van der Waals surface area contributed by atoms with Gasteiger partial charge in [0.05, 0.1) is 17.0 Å². The van der Waals surface area contributed by atoms with E-state index in [0.717, 1.165) is 10.8 Å². The Kier molecular flexibility index (Phi) is 4.13. The summed E-state index contributed by atoms with van der Waals surface area (Å²) >= 11 is 0. The molecule has 0 radical (unpaired) electrons. The standard InChI is InChI=1S/C15H19NO3S/c1-3-15(2,11-17)16-20(18,19)14-9-8-12-6-4-5-7-13(12)10-14/h4-10,16-17H,3,11H2,1-2H3. The Morgan fingerprint density at radius 1 is 1.15 bits per heavy atom. The van der Waals surface area contributed by atoms with E-state index in [1.54, 1.807) is 25.1 Å². The van der Waals surface area contributed by atoms with E-state index in [9.17, 15) is 13.5 Å². The van der Waals surface area contributed by atoms with Gasteiger partial charge in [0.25, 0.3) is 0 Å². The van der Waals surface area contributed by atoms with Crippen LogP contribution in [0.2, 0.25) is 0 Å². The molecule has 0 aliphatic carbocycles. The Morgan fingerprint density at radius 2 is 1.80 bits per heavy atom. The molecule has 2 aromatic carbocycles. The first-order valence-electron chi connectivity index (χ1n) is 6.54. The van der Waals surface area contributed by atoms with Gasteiger partial charge in [-0.3, -0.25) is 0 Å². The normalized spacial score (nSPS) is 15.2. The summed E-state index contributed by atoms with van der Waals surface area (Å²) in [7, 11) is -3.64. The summed E-state index contributed by atoms with van der Waals surface area (Å²) in [5.74, 6) is 0. The third kappa shape index (κ3) is 3.00. The van der Waals surface area contributed by atoms with E-state index >= 15 is 0 Å². The molecular weight excluding hydrogens is 274 g/mol. The number of sulfonamides is 1. The summed E-state index contributed by atoms with van der Waals surface area (Å²) in [6.07, 6.45) is 0.510. The minimum absolute atomic E-state index is 0.212. The van der Waals surface area contributed by atoms with Crippen molar-refractivity contribution in [3.8, 4) is 0 Å². The van der Waals surface area contributed by atoms with Gasteiger partial charge in [-0.05, 0) is 36.2 Å². The van der Waals surface area contributed by atoms with Crippen molar-refractivity contribution in [1.29, 1.82) is 0 Å². The molecule has 0 aliphatic heterocycles. The molecule has 0 saturated heterocycles. The van der Waals surface area contributed by atoms with E-state index < -0.39 is 15.6 Å². The van der Waals surface area contributed by atoms with E-state index in [0.29, 0.717) is 6.42 Å². The highest BCUT2D eigenvalue weighted by Crippen LogP contribution is 2.21. The molecule has 0 spiro atoms. The van der Waals surface area contributed by atoms with Gasteiger partial charge in [-0.2, -0.15) is 0 Å². The second-order valence-electron chi connectivity index (χ2n) is 5.19. The minimum Gasteiger partial charge on any atom is -0.394 e. The highest BCUT2D eigenvalue weighted by atomic mass is 32.2. The van der Waals surface area contributed by atoms with E-state index in [1.165, 1.54) is 0 Å². The van der Waals surface area contributed by atoms with Gasteiger partial charge in [-0.25, -0.2) is 13.1 Å². The van der Waals surface area contributed by atoms with Crippen LogP contribution in [0.4, 0.5) is 0 Å². The fraction of sp³-hybridized carbons (Fsp3) is 0.333. The SMILES string of the molecule is CCC(C)(CO)NS(=O)(=O)c1ccc2ccccc2c1. The first-order chi connectivity index (χ1) is 9.40. The molecule has 2 aromatic rings. The maximum atomic E-state index is 12.4. The topological polar surface area (TPSA) is 66.4 Å². The van der Waals surface area contributed by atoms with Crippen molar-refractivity contribution in [2.24, 2.45) is 0 Å². The number of rotatable bonds is 5. The number of aliphatic hydroxyl groups is 1. The Hall–Kier alpha value is -1.43. The lowest BCUT2D eigenvalue weighted by atomic mass is 10.0. The molecule has 0 fully saturated rings. The van der Waals surface area contributed by atoms with Gasteiger partial charge in [0, 0.05) is 0 Å². The second-order valence-corrected chi connectivity index (χ2v) is 6.87. The van der Waals surface area contributed by atoms with Crippen LogP contribution in [-0.2, 0) is 10.0 Å². The molecule has 1 atom stereocenters. The van der Waals surface area contributed by atoms with Gasteiger partial charge in [0.1, 0.15) is 0 Å². The summed E-state index contributed by atoms with van der Waals surface area (Å²) in [6, 6.07) is 12.6. The molecule has 0 aliphatic rings. The van der Waals surface area contributed by atoms with Gasteiger partial charge >= 0.3 is 0 Å². The Bertz CT molecular complexity index is 706. The molecule has 0 saturated carbocycles. The van der Waals surface area contributed by atoms with Crippen LogP contribution in [0.15, 0.2) is 47.4 Å². The largest absolute Gasteiger partial charge is 0.394 e. The van der Waals surface area contributed by atoms with E-state index in [-0.39, 0.29) is 11.5 Å².